The monoisotopic (exact) mass is 381 g/mol. The minimum Gasteiger partial charge on any atom is -0.370 e. The summed E-state index contributed by atoms with van der Waals surface area (Å²) in [5.41, 5.74) is 2.38. The lowest BCUT2D eigenvalue weighted by Gasteiger charge is -2.33. The van der Waals surface area contributed by atoms with Crippen LogP contribution in [0.25, 0.3) is 0 Å². The summed E-state index contributed by atoms with van der Waals surface area (Å²) >= 11 is 0. The van der Waals surface area contributed by atoms with E-state index < -0.39 is 0 Å². The molecule has 1 fully saturated rings. The van der Waals surface area contributed by atoms with Crippen LogP contribution in [-0.4, -0.2) is 35.5 Å². The summed E-state index contributed by atoms with van der Waals surface area (Å²) in [5.74, 6) is 2.50. The quantitative estimate of drug-likeness (QED) is 0.732. The van der Waals surface area contributed by atoms with Gasteiger partial charge in [-0.3, -0.25) is 4.79 Å². The third-order valence-electron chi connectivity index (χ3n) is 5.24. The molecule has 0 radical (unpaired) electrons. The Kier molecular flexibility index (Phi) is 7.23. The molecule has 1 aliphatic heterocycles. The average molecular weight is 382 g/mol. The fourth-order valence-corrected chi connectivity index (χ4v) is 3.64. The third kappa shape index (κ3) is 5.94. The minimum absolute atomic E-state index is 0.133. The Morgan fingerprint density at radius 2 is 2.07 bits per heavy atom. The molecule has 1 aromatic carbocycles. The molecule has 1 aromatic heterocycles. The maximum absolute atomic E-state index is 12.2. The summed E-state index contributed by atoms with van der Waals surface area (Å²) in [6, 6.07) is 10.3. The van der Waals surface area contributed by atoms with Crippen LogP contribution in [0, 0.1) is 12.8 Å². The number of anilines is 2. The summed E-state index contributed by atoms with van der Waals surface area (Å²) in [5, 5.41) is 6.28. The maximum Gasteiger partial charge on any atom is 0.220 e. The van der Waals surface area contributed by atoms with E-state index in [2.05, 4.69) is 63.6 Å². The molecule has 2 N–H and O–H groups in total. The van der Waals surface area contributed by atoms with Crippen molar-refractivity contribution in [2.24, 2.45) is 5.92 Å². The molecule has 0 aliphatic carbocycles. The molecule has 1 aliphatic rings. The number of hydrogen-bond acceptors (Lipinski definition) is 5. The predicted octanol–water partition coefficient (Wildman–Crippen LogP) is 3.53. The largest absolute Gasteiger partial charge is 0.370 e. The number of piperidine rings is 1. The molecule has 6 nitrogen and oxygen atoms in total. The lowest BCUT2D eigenvalue weighted by molar-refractivity contribution is -0.121. The normalized spacial score (nSPS) is 16.6. The van der Waals surface area contributed by atoms with Gasteiger partial charge in [-0.1, -0.05) is 29.8 Å². The van der Waals surface area contributed by atoms with Gasteiger partial charge in [-0.2, -0.15) is 0 Å². The van der Waals surface area contributed by atoms with Gasteiger partial charge in [0.05, 0.1) is 0 Å². The van der Waals surface area contributed by atoms with Crippen molar-refractivity contribution in [3.05, 3.63) is 47.8 Å². The van der Waals surface area contributed by atoms with Gasteiger partial charge >= 0.3 is 0 Å². The molecular formula is C22H31N5O. The van der Waals surface area contributed by atoms with Crippen molar-refractivity contribution in [2.75, 3.05) is 29.9 Å². The number of benzene rings is 1. The number of rotatable bonds is 8. The lowest BCUT2D eigenvalue weighted by atomic mass is 9.93. The third-order valence-corrected chi connectivity index (χ3v) is 5.24. The van der Waals surface area contributed by atoms with E-state index in [1.165, 1.54) is 12.0 Å². The molecular weight excluding hydrogens is 350 g/mol. The van der Waals surface area contributed by atoms with Crippen molar-refractivity contribution in [1.29, 1.82) is 0 Å². The van der Waals surface area contributed by atoms with Crippen molar-refractivity contribution in [3.63, 3.8) is 0 Å². The van der Waals surface area contributed by atoms with Gasteiger partial charge in [-0.15, -0.1) is 0 Å². The zero-order valence-electron chi connectivity index (χ0n) is 16.9. The van der Waals surface area contributed by atoms with E-state index in [4.69, 9.17) is 0 Å². The van der Waals surface area contributed by atoms with E-state index in [0.717, 1.165) is 49.7 Å². The average Bonchev–Trinajstić information content (AvgIpc) is 2.72. The Hall–Kier alpha value is -2.63. The topological polar surface area (TPSA) is 70.2 Å². The molecule has 0 bridgehead atoms. The lowest BCUT2D eigenvalue weighted by Crippen LogP contribution is -2.36. The van der Waals surface area contributed by atoms with Crippen molar-refractivity contribution < 1.29 is 4.79 Å². The minimum atomic E-state index is 0.133. The Morgan fingerprint density at radius 1 is 1.25 bits per heavy atom. The van der Waals surface area contributed by atoms with E-state index in [1.54, 1.807) is 6.33 Å². The fraction of sp³-hybridized carbons (Fsp3) is 0.500. The Morgan fingerprint density at radius 3 is 2.86 bits per heavy atom. The van der Waals surface area contributed by atoms with Crippen molar-refractivity contribution in [3.8, 4) is 0 Å². The molecule has 6 heteroatoms. The van der Waals surface area contributed by atoms with Gasteiger partial charge in [0.2, 0.25) is 5.91 Å². The summed E-state index contributed by atoms with van der Waals surface area (Å²) in [4.78, 5) is 23.3. The van der Waals surface area contributed by atoms with Crippen molar-refractivity contribution in [1.82, 2.24) is 15.3 Å². The number of aromatic nitrogens is 2. The second-order valence-corrected chi connectivity index (χ2v) is 7.55. The van der Waals surface area contributed by atoms with Gasteiger partial charge in [0.25, 0.3) is 0 Å². The highest BCUT2D eigenvalue weighted by atomic mass is 16.1. The Balaban J connectivity index is 1.45. The highest BCUT2D eigenvalue weighted by molar-refractivity contribution is 5.75. The van der Waals surface area contributed by atoms with E-state index in [-0.39, 0.29) is 5.91 Å². The Labute approximate surface area is 167 Å². The summed E-state index contributed by atoms with van der Waals surface area (Å²) in [7, 11) is 0. The number of carbonyl (C=O) groups is 1. The molecule has 1 saturated heterocycles. The molecule has 1 atom stereocenters. The molecule has 28 heavy (non-hydrogen) atoms. The van der Waals surface area contributed by atoms with Gasteiger partial charge in [0.15, 0.2) is 0 Å². The molecule has 3 rings (SSSR count). The van der Waals surface area contributed by atoms with Crippen molar-refractivity contribution in [2.45, 2.75) is 46.1 Å². The van der Waals surface area contributed by atoms with Gasteiger partial charge in [-0.05, 0) is 44.6 Å². The standard InChI is InChI=1S/C22H31N5O/c1-3-23-20-13-21(26-16-25-20)27-12-4-5-19(15-27)10-11-22(28)24-14-18-8-6-17(2)7-9-18/h6-9,13,16,19H,3-5,10-12,14-15H2,1-2H3,(H,24,28)(H,23,25,26). The van der Waals surface area contributed by atoms with Crippen LogP contribution in [0.3, 0.4) is 0 Å². The van der Waals surface area contributed by atoms with Crippen LogP contribution in [-0.2, 0) is 11.3 Å². The molecule has 1 unspecified atom stereocenters. The van der Waals surface area contributed by atoms with Gasteiger partial charge in [-0.25, -0.2) is 9.97 Å². The van der Waals surface area contributed by atoms with Gasteiger partial charge < -0.3 is 15.5 Å². The summed E-state index contributed by atoms with van der Waals surface area (Å²) < 4.78 is 0. The molecule has 1 amide bonds. The smallest absolute Gasteiger partial charge is 0.220 e. The number of nitrogens with zero attached hydrogens (tertiary/aromatic N) is 3. The van der Waals surface area contributed by atoms with Crippen LogP contribution in [0.2, 0.25) is 0 Å². The summed E-state index contributed by atoms with van der Waals surface area (Å²) in [6.45, 7) is 7.54. The second kappa shape index (κ2) is 10.1. The molecule has 150 valence electrons. The van der Waals surface area contributed by atoms with Crippen LogP contribution in [0.4, 0.5) is 11.6 Å². The second-order valence-electron chi connectivity index (χ2n) is 7.55. The van der Waals surface area contributed by atoms with Crippen LogP contribution >= 0.6 is 0 Å². The van der Waals surface area contributed by atoms with Crippen LogP contribution in [0.1, 0.15) is 43.7 Å². The zero-order chi connectivity index (χ0) is 19.8. The van der Waals surface area contributed by atoms with Gasteiger partial charge in [0, 0.05) is 38.7 Å². The van der Waals surface area contributed by atoms with E-state index in [9.17, 15) is 4.79 Å². The first kappa shape index (κ1) is 20.1. The number of amides is 1. The maximum atomic E-state index is 12.2. The highest BCUT2D eigenvalue weighted by Gasteiger charge is 2.22. The van der Waals surface area contributed by atoms with Gasteiger partial charge in [0.1, 0.15) is 18.0 Å². The number of hydrogen-bond donors (Lipinski definition) is 2. The number of carbonyl (C=O) groups excluding carboxylic acids is 1. The molecule has 0 saturated carbocycles. The molecule has 2 heterocycles. The van der Waals surface area contributed by atoms with Crippen molar-refractivity contribution >= 4 is 17.5 Å². The van der Waals surface area contributed by atoms with E-state index in [1.807, 2.05) is 6.07 Å². The predicted molar refractivity (Wildman–Crippen MR) is 113 cm³/mol. The van der Waals surface area contributed by atoms with E-state index in [0.29, 0.717) is 18.9 Å². The van der Waals surface area contributed by atoms with Crippen LogP contribution < -0.4 is 15.5 Å². The molecule has 0 spiro atoms. The first-order chi connectivity index (χ1) is 13.6. The number of aryl methyl sites for hydroxylation is 1. The Bertz CT molecular complexity index is 762. The van der Waals surface area contributed by atoms with Crippen LogP contribution in [0.5, 0.6) is 0 Å². The summed E-state index contributed by atoms with van der Waals surface area (Å²) in [6.07, 6.45) is 5.43. The fourth-order valence-electron chi connectivity index (χ4n) is 3.64. The van der Waals surface area contributed by atoms with Crippen LogP contribution in [0.15, 0.2) is 36.7 Å². The van der Waals surface area contributed by atoms with E-state index >= 15 is 0 Å². The first-order valence-electron chi connectivity index (χ1n) is 10.3. The number of nitrogens with one attached hydrogen (secondary N) is 2. The first-order valence-corrected chi connectivity index (χ1v) is 10.3. The highest BCUT2D eigenvalue weighted by Crippen LogP contribution is 2.25. The molecule has 2 aromatic rings. The SMILES string of the molecule is CCNc1cc(N2CCCC(CCC(=O)NCc3ccc(C)cc3)C2)ncn1. The zero-order valence-corrected chi connectivity index (χ0v) is 16.9.